The first kappa shape index (κ1) is 22.6. The summed E-state index contributed by atoms with van der Waals surface area (Å²) in [5, 5.41) is 5.83. The van der Waals surface area contributed by atoms with Crippen molar-refractivity contribution in [3.05, 3.63) is 77.9 Å². The van der Waals surface area contributed by atoms with Gasteiger partial charge in [0.15, 0.2) is 0 Å². The lowest BCUT2D eigenvalue weighted by molar-refractivity contribution is 0.277. The number of rotatable bonds is 7. The van der Waals surface area contributed by atoms with Crippen molar-refractivity contribution in [3.8, 4) is 0 Å². The highest BCUT2D eigenvalue weighted by molar-refractivity contribution is 7.89. The van der Waals surface area contributed by atoms with E-state index in [1.165, 1.54) is 30.4 Å². The Kier molecular flexibility index (Phi) is 6.81. The largest absolute Gasteiger partial charge is 0.314 e. The summed E-state index contributed by atoms with van der Waals surface area (Å²) in [7, 11) is -3.48. The highest BCUT2D eigenvalue weighted by Gasteiger charge is 2.25. The van der Waals surface area contributed by atoms with Gasteiger partial charge in [-0.2, -0.15) is 0 Å². The fraction of sp³-hybridized carbons (Fsp3) is 0.429. The van der Waals surface area contributed by atoms with Crippen LogP contribution in [0.3, 0.4) is 0 Å². The average Bonchev–Trinajstić information content (AvgIpc) is 2.86. The van der Waals surface area contributed by atoms with E-state index in [1.54, 1.807) is 12.1 Å². The monoisotopic (exact) mass is 462 g/mol. The molecule has 174 valence electrons. The molecule has 2 aliphatic rings. The summed E-state index contributed by atoms with van der Waals surface area (Å²) in [6.45, 7) is 1.62. The molecule has 1 saturated carbocycles. The van der Waals surface area contributed by atoms with Gasteiger partial charge in [-0.25, -0.2) is 13.1 Å². The first-order chi connectivity index (χ1) is 16.1. The van der Waals surface area contributed by atoms with E-state index in [2.05, 4.69) is 34.3 Å². The zero-order valence-electron chi connectivity index (χ0n) is 19.2. The molecule has 3 aromatic rings. The van der Waals surface area contributed by atoms with Crippen LogP contribution >= 0.6 is 0 Å². The van der Waals surface area contributed by atoms with Gasteiger partial charge >= 0.3 is 0 Å². The molecule has 1 unspecified atom stereocenters. The van der Waals surface area contributed by atoms with Gasteiger partial charge in [0.2, 0.25) is 10.0 Å². The summed E-state index contributed by atoms with van der Waals surface area (Å²) in [4.78, 5) is 0.352. The Hall–Kier alpha value is -2.21. The number of aryl methyl sites for hydroxylation is 1. The predicted molar refractivity (Wildman–Crippen MR) is 135 cm³/mol. The number of fused-ring (bicyclic) bond motifs is 2. The quantitative estimate of drug-likeness (QED) is 0.515. The van der Waals surface area contributed by atoms with Gasteiger partial charge < -0.3 is 5.32 Å². The van der Waals surface area contributed by atoms with Crippen molar-refractivity contribution in [2.75, 3.05) is 13.1 Å². The molecular formula is C28H34N2O2S. The molecule has 0 aliphatic heterocycles. The molecule has 2 aliphatic carbocycles. The van der Waals surface area contributed by atoms with Gasteiger partial charge in [-0.15, -0.1) is 0 Å². The van der Waals surface area contributed by atoms with Crippen molar-refractivity contribution < 1.29 is 8.42 Å². The molecule has 0 bridgehead atoms. The zero-order valence-corrected chi connectivity index (χ0v) is 20.0. The molecule has 1 fully saturated rings. The second kappa shape index (κ2) is 9.96. The molecule has 0 spiro atoms. The molecule has 0 aromatic heterocycles. The third kappa shape index (κ3) is 5.48. The SMILES string of the molecule is O=S(=O)(NC[C@H]1CC[C@H](NCC2CCc3ccccc3C2)CC1)c1ccc2ccccc2c1. The summed E-state index contributed by atoms with van der Waals surface area (Å²) in [5.74, 6) is 1.14. The van der Waals surface area contributed by atoms with E-state index in [0.717, 1.165) is 48.9 Å². The lowest BCUT2D eigenvalue weighted by Gasteiger charge is -2.31. The lowest BCUT2D eigenvalue weighted by atomic mass is 9.83. The van der Waals surface area contributed by atoms with Crippen LogP contribution in [0.15, 0.2) is 71.6 Å². The summed E-state index contributed by atoms with van der Waals surface area (Å²) in [6.07, 6.45) is 8.08. The second-order valence-corrected chi connectivity index (χ2v) is 11.6. The molecule has 5 rings (SSSR count). The highest BCUT2D eigenvalue weighted by atomic mass is 32.2. The number of sulfonamides is 1. The molecule has 0 amide bonds. The van der Waals surface area contributed by atoms with Crippen LogP contribution in [-0.2, 0) is 22.9 Å². The number of hydrogen-bond donors (Lipinski definition) is 2. The third-order valence-electron chi connectivity index (χ3n) is 7.58. The number of hydrogen-bond acceptors (Lipinski definition) is 3. The molecule has 3 aromatic carbocycles. The molecule has 2 N–H and O–H groups in total. The Labute approximate surface area is 197 Å². The number of benzene rings is 3. The maximum Gasteiger partial charge on any atom is 0.240 e. The van der Waals surface area contributed by atoms with Gasteiger partial charge in [0.25, 0.3) is 0 Å². The van der Waals surface area contributed by atoms with E-state index in [9.17, 15) is 8.42 Å². The fourth-order valence-corrected chi connectivity index (χ4v) is 6.65. The topological polar surface area (TPSA) is 58.2 Å². The van der Waals surface area contributed by atoms with Crippen LogP contribution in [-0.4, -0.2) is 27.5 Å². The van der Waals surface area contributed by atoms with Crippen LogP contribution in [0.2, 0.25) is 0 Å². The molecule has 0 saturated heterocycles. The first-order valence-electron chi connectivity index (χ1n) is 12.4. The van der Waals surface area contributed by atoms with E-state index in [1.807, 2.05) is 30.3 Å². The van der Waals surface area contributed by atoms with Crippen LogP contribution in [0.1, 0.15) is 43.2 Å². The maximum absolute atomic E-state index is 12.8. The van der Waals surface area contributed by atoms with Gasteiger partial charge in [-0.3, -0.25) is 0 Å². The van der Waals surface area contributed by atoms with E-state index in [0.29, 0.717) is 23.4 Å². The second-order valence-electron chi connectivity index (χ2n) is 9.86. The summed E-state index contributed by atoms with van der Waals surface area (Å²) in [5.41, 5.74) is 3.05. The Morgan fingerprint density at radius 1 is 0.727 bits per heavy atom. The normalized spacial score (nSPS) is 23.3. The van der Waals surface area contributed by atoms with E-state index >= 15 is 0 Å². The molecule has 33 heavy (non-hydrogen) atoms. The number of nitrogens with one attached hydrogen (secondary N) is 2. The average molecular weight is 463 g/mol. The Balaban J connectivity index is 1.07. The third-order valence-corrected chi connectivity index (χ3v) is 9.01. The van der Waals surface area contributed by atoms with E-state index < -0.39 is 10.0 Å². The Morgan fingerprint density at radius 3 is 2.27 bits per heavy atom. The van der Waals surface area contributed by atoms with Gasteiger partial charge in [0.1, 0.15) is 0 Å². The standard InChI is InChI=1S/C28H34N2O2S/c31-33(32,28-16-13-24-6-2-4-8-26(24)18-28)30-20-21-10-14-27(15-11-21)29-19-22-9-12-23-5-1-3-7-25(23)17-22/h1-8,13,16,18,21-22,27,29-30H,9-12,14-15,17,19-20H2/t21-,22?,27-. The minimum absolute atomic E-state index is 0.352. The van der Waals surface area contributed by atoms with Gasteiger partial charge in [0.05, 0.1) is 4.90 Å². The van der Waals surface area contributed by atoms with Crippen molar-refractivity contribution in [1.82, 2.24) is 10.0 Å². The molecule has 0 radical (unpaired) electrons. The smallest absolute Gasteiger partial charge is 0.240 e. The van der Waals surface area contributed by atoms with Crippen LogP contribution in [0.25, 0.3) is 10.8 Å². The van der Waals surface area contributed by atoms with Crippen molar-refractivity contribution in [1.29, 1.82) is 0 Å². The maximum atomic E-state index is 12.8. The van der Waals surface area contributed by atoms with Crippen molar-refractivity contribution in [2.45, 2.75) is 55.9 Å². The molecule has 4 nitrogen and oxygen atoms in total. The van der Waals surface area contributed by atoms with E-state index in [4.69, 9.17) is 0 Å². The summed E-state index contributed by atoms with van der Waals surface area (Å²) in [6, 6.07) is 22.6. The predicted octanol–water partition coefficient (Wildman–Crippen LogP) is 5.07. The van der Waals surface area contributed by atoms with Crippen molar-refractivity contribution in [3.63, 3.8) is 0 Å². The highest BCUT2D eigenvalue weighted by Crippen LogP contribution is 2.27. The molecule has 1 atom stereocenters. The van der Waals surface area contributed by atoms with Crippen molar-refractivity contribution in [2.24, 2.45) is 11.8 Å². The van der Waals surface area contributed by atoms with Crippen LogP contribution < -0.4 is 10.0 Å². The fourth-order valence-electron chi connectivity index (χ4n) is 5.50. The summed E-state index contributed by atoms with van der Waals surface area (Å²) >= 11 is 0. The van der Waals surface area contributed by atoms with Gasteiger partial charge in [-0.05, 0) is 97.4 Å². The molecule has 0 heterocycles. The van der Waals surface area contributed by atoms with Gasteiger partial charge in [0, 0.05) is 12.6 Å². The Morgan fingerprint density at radius 2 is 1.45 bits per heavy atom. The first-order valence-corrected chi connectivity index (χ1v) is 13.8. The minimum Gasteiger partial charge on any atom is -0.314 e. The Bertz CT molecular complexity index is 1200. The molecule has 5 heteroatoms. The zero-order chi connectivity index (χ0) is 22.7. The minimum atomic E-state index is -3.48. The summed E-state index contributed by atoms with van der Waals surface area (Å²) < 4.78 is 28.5. The van der Waals surface area contributed by atoms with Gasteiger partial charge in [-0.1, -0.05) is 54.6 Å². The van der Waals surface area contributed by atoms with Crippen LogP contribution in [0, 0.1) is 11.8 Å². The molecular weight excluding hydrogens is 428 g/mol. The van der Waals surface area contributed by atoms with Crippen LogP contribution in [0.4, 0.5) is 0 Å². The van der Waals surface area contributed by atoms with E-state index in [-0.39, 0.29) is 0 Å². The van der Waals surface area contributed by atoms with Crippen molar-refractivity contribution >= 4 is 20.8 Å². The van der Waals surface area contributed by atoms with Crippen LogP contribution in [0.5, 0.6) is 0 Å². The lowest BCUT2D eigenvalue weighted by Crippen LogP contribution is -2.39.